The molecule has 0 saturated heterocycles. The van der Waals surface area contributed by atoms with Gasteiger partial charge in [0.05, 0.1) is 5.69 Å². The van der Waals surface area contributed by atoms with E-state index in [0.29, 0.717) is 5.88 Å². The lowest BCUT2D eigenvalue weighted by molar-refractivity contribution is 1.22. The lowest BCUT2D eigenvalue weighted by atomic mass is 10.2. The molecule has 0 saturated carbocycles. The second-order valence-corrected chi connectivity index (χ2v) is 3.36. The summed E-state index contributed by atoms with van der Waals surface area (Å²) in [5.74, 6) is 5.86. The number of hydrogen-bond acceptors (Lipinski definition) is 3. The number of anilines is 1. The van der Waals surface area contributed by atoms with Crippen molar-refractivity contribution in [2.24, 2.45) is 5.84 Å². The molecular formula is C8H11ClN2S. The molecular weight excluding hydrogens is 192 g/mol. The van der Waals surface area contributed by atoms with E-state index in [1.165, 1.54) is 0 Å². The van der Waals surface area contributed by atoms with E-state index in [4.69, 9.17) is 17.4 Å². The van der Waals surface area contributed by atoms with Crippen LogP contribution in [0.1, 0.15) is 5.56 Å². The quantitative estimate of drug-likeness (QED) is 0.342. The second-order valence-electron chi connectivity index (χ2n) is 2.28. The van der Waals surface area contributed by atoms with Gasteiger partial charge in [0.25, 0.3) is 0 Å². The van der Waals surface area contributed by atoms with E-state index in [2.05, 4.69) is 5.43 Å². The van der Waals surface area contributed by atoms with E-state index in [-0.39, 0.29) is 0 Å². The van der Waals surface area contributed by atoms with E-state index in [1.54, 1.807) is 11.8 Å². The molecule has 4 heteroatoms. The Bertz CT molecular complexity index is 243. The zero-order chi connectivity index (χ0) is 8.97. The van der Waals surface area contributed by atoms with Gasteiger partial charge in [-0.1, -0.05) is 12.1 Å². The van der Waals surface area contributed by atoms with Gasteiger partial charge in [0.2, 0.25) is 0 Å². The first-order chi connectivity index (χ1) is 5.83. The zero-order valence-electron chi connectivity index (χ0n) is 6.80. The molecule has 0 fully saturated rings. The van der Waals surface area contributed by atoms with Crippen LogP contribution in [0.15, 0.2) is 23.1 Å². The minimum Gasteiger partial charge on any atom is -0.323 e. The molecule has 0 aliphatic carbocycles. The number of alkyl halides is 1. The van der Waals surface area contributed by atoms with Gasteiger partial charge in [0.1, 0.15) is 0 Å². The average Bonchev–Trinajstić information content (AvgIpc) is 2.16. The Morgan fingerprint density at radius 2 is 2.33 bits per heavy atom. The first kappa shape index (κ1) is 9.71. The van der Waals surface area contributed by atoms with E-state index in [1.807, 2.05) is 24.5 Å². The summed E-state index contributed by atoms with van der Waals surface area (Å²) in [5, 5.41) is 0. The van der Waals surface area contributed by atoms with E-state index in [9.17, 15) is 0 Å². The fourth-order valence-corrected chi connectivity index (χ4v) is 2.10. The Morgan fingerprint density at radius 3 is 2.83 bits per heavy atom. The highest BCUT2D eigenvalue weighted by Gasteiger charge is 2.04. The Kier molecular flexibility index (Phi) is 3.72. The number of benzene rings is 1. The molecule has 0 aromatic heterocycles. The Labute approximate surface area is 81.4 Å². The van der Waals surface area contributed by atoms with Crippen LogP contribution in [0.25, 0.3) is 0 Å². The summed E-state index contributed by atoms with van der Waals surface area (Å²) in [4.78, 5) is 1.12. The number of nitrogen functional groups attached to an aromatic ring is 1. The highest BCUT2D eigenvalue weighted by atomic mass is 35.5. The molecule has 66 valence electrons. The fraction of sp³-hybridized carbons (Fsp3) is 0.250. The molecule has 0 amide bonds. The summed E-state index contributed by atoms with van der Waals surface area (Å²) in [7, 11) is 0. The van der Waals surface area contributed by atoms with Crippen molar-refractivity contribution in [3.05, 3.63) is 23.8 Å². The third-order valence-electron chi connectivity index (χ3n) is 1.60. The number of nitrogens with one attached hydrogen (secondary N) is 1. The normalized spacial score (nSPS) is 9.92. The van der Waals surface area contributed by atoms with Crippen molar-refractivity contribution in [1.82, 2.24) is 0 Å². The largest absolute Gasteiger partial charge is 0.323 e. The predicted molar refractivity (Wildman–Crippen MR) is 55.6 cm³/mol. The van der Waals surface area contributed by atoms with Crippen LogP contribution in [0.2, 0.25) is 0 Å². The van der Waals surface area contributed by atoms with Crippen molar-refractivity contribution in [3.63, 3.8) is 0 Å². The zero-order valence-corrected chi connectivity index (χ0v) is 8.38. The molecule has 0 aliphatic rings. The van der Waals surface area contributed by atoms with Gasteiger partial charge in [-0.2, -0.15) is 0 Å². The SMILES string of the molecule is CSc1c(CCl)cccc1NN. The molecule has 0 aliphatic heterocycles. The summed E-state index contributed by atoms with van der Waals surface area (Å²) >= 11 is 7.40. The van der Waals surface area contributed by atoms with Crippen molar-refractivity contribution in [1.29, 1.82) is 0 Å². The van der Waals surface area contributed by atoms with Crippen LogP contribution in [-0.4, -0.2) is 6.26 Å². The third-order valence-corrected chi connectivity index (χ3v) is 2.78. The maximum Gasteiger partial charge on any atom is 0.0624 e. The Morgan fingerprint density at radius 1 is 1.58 bits per heavy atom. The molecule has 0 heterocycles. The van der Waals surface area contributed by atoms with Gasteiger partial charge in [-0.25, -0.2) is 0 Å². The topological polar surface area (TPSA) is 38.0 Å². The van der Waals surface area contributed by atoms with Gasteiger partial charge in [0.15, 0.2) is 0 Å². The van der Waals surface area contributed by atoms with Crippen LogP contribution in [0.3, 0.4) is 0 Å². The molecule has 0 bridgehead atoms. The number of nitrogens with two attached hydrogens (primary N) is 1. The van der Waals surface area contributed by atoms with E-state index >= 15 is 0 Å². The van der Waals surface area contributed by atoms with Gasteiger partial charge in [-0.3, -0.25) is 5.84 Å². The molecule has 0 unspecified atom stereocenters. The molecule has 1 aromatic carbocycles. The monoisotopic (exact) mass is 202 g/mol. The fourth-order valence-electron chi connectivity index (χ4n) is 1.04. The highest BCUT2D eigenvalue weighted by molar-refractivity contribution is 7.98. The van der Waals surface area contributed by atoms with Gasteiger partial charge >= 0.3 is 0 Å². The van der Waals surface area contributed by atoms with Crippen molar-refractivity contribution >= 4 is 29.1 Å². The lowest BCUT2D eigenvalue weighted by Gasteiger charge is -2.09. The number of halogens is 1. The average molecular weight is 203 g/mol. The molecule has 0 atom stereocenters. The number of rotatable bonds is 3. The predicted octanol–water partition coefficient (Wildman–Crippen LogP) is 2.43. The van der Waals surface area contributed by atoms with Crippen LogP contribution in [0.5, 0.6) is 0 Å². The molecule has 2 nitrogen and oxygen atoms in total. The summed E-state index contributed by atoms with van der Waals surface area (Å²) in [6.45, 7) is 0. The maximum atomic E-state index is 5.76. The van der Waals surface area contributed by atoms with E-state index in [0.717, 1.165) is 16.1 Å². The molecule has 12 heavy (non-hydrogen) atoms. The van der Waals surface area contributed by atoms with Gasteiger partial charge < -0.3 is 5.43 Å². The lowest BCUT2D eigenvalue weighted by Crippen LogP contribution is -2.08. The summed E-state index contributed by atoms with van der Waals surface area (Å²) in [5.41, 5.74) is 4.68. The minimum atomic E-state index is 0.520. The summed E-state index contributed by atoms with van der Waals surface area (Å²) in [6, 6.07) is 5.87. The number of thioether (sulfide) groups is 1. The van der Waals surface area contributed by atoms with Crippen molar-refractivity contribution < 1.29 is 0 Å². The third kappa shape index (κ3) is 1.86. The highest BCUT2D eigenvalue weighted by Crippen LogP contribution is 2.29. The van der Waals surface area contributed by atoms with Crippen LogP contribution < -0.4 is 11.3 Å². The first-order valence-corrected chi connectivity index (χ1v) is 5.28. The molecule has 1 rings (SSSR count). The van der Waals surface area contributed by atoms with Crippen LogP contribution >= 0.6 is 23.4 Å². The van der Waals surface area contributed by atoms with Crippen LogP contribution in [0, 0.1) is 0 Å². The van der Waals surface area contributed by atoms with Gasteiger partial charge in [-0.15, -0.1) is 23.4 Å². The Balaban J connectivity index is 3.13. The smallest absolute Gasteiger partial charge is 0.0624 e. The molecule has 3 N–H and O–H groups in total. The van der Waals surface area contributed by atoms with Crippen molar-refractivity contribution in [3.8, 4) is 0 Å². The molecule has 0 radical (unpaired) electrons. The summed E-state index contributed by atoms with van der Waals surface area (Å²) in [6.07, 6.45) is 2.01. The van der Waals surface area contributed by atoms with E-state index < -0.39 is 0 Å². The Hall–Kier alpha value is -0.380. The first-order valence-electron chi connectivity index (χ1n) is 3.52. The maximum absolute atomic E-state index is 5.76. The number of hydrogen-bond donors (Lipinski definition) is 2. The van der Waals surface area contributed by atoms with Crippen LogP contribution in [0.4, 0.5) is 5.69 Å². The molecule has 1 aromatic rings. The minimum absolute atomic E-state index is 0.520. The van der Waals surface area contributed by atoms with Crippen molar-refractivity contribution in [2.75, 3.05) is 11.7 Å². The van der Waals surface area contributed by atoms with Crippen molar-refractivity contribution in [2.45, 2.75) is 10.8 Å². The van der Waals surface area contributed by atoms with Crippen LogP contribution in [-0.2, 0) is 5.88 Å². The molecule has 0 spiro atoms. The number of hydrazine groups is 1. The summed E-state index contributed by atoms with van der Waals surface area (Å²) < 4.78 is 0. The van der Waals surface area contributed by atoms with Gasteiger partial charge in [0, 0.05) is 10.8 Å². The standard InChI is InChI=1S/C8H11ClN2S/c1-12-8-6(5-9)3-2-4-7(8)11-10/h2-4,11H,5,10H2,1H3. The van der Waals surface area contributed by atoms with Gasteiger partial charge in [-0.05, 0) is 17.9 Å². The second kappa shape index (κ2) is 4.60.